The standard InChI is InChI=1S/C66H127N3O6/c1-10-17-33-46-61(14-5)73-64(70)49-36-27-21-24-30-40-52-67(53-41-31-25-22-28-37-50-65(71)74-62(15-6)47-34-18-11-2)56-45-57-68(55-43-44-59-69(60(8)9)58-39-20-13-4)54-42-32-26-23-29-38-51-66(72)75-63(16-7)48-35-19-12-3/h39,58,61-63H,8,10-38,40-57,59H2,1-7,9H3/b58-39-. The fourth-order valence-electron chi connectivity index (χ4n) is 10.1. The van der Waals surface area contributed by atoms with Crippen molar-refractivity contribution in [3.05, 3.63) is 24.6 Å². The molecule has 0 saturated carbocycles. The van der Waals surface area contributed by atoms with Gasteiger partial charge in [-0.15, -0.1) is 0 Å². The fourth-order valence-corrected chi connectivity index (χ4v) is 10.1. The third-order valence-electron chi connectivity index (χ3n) is 15.3. The highest BCUT2D eigenvalue weighted by molar-refractivity contribution is 5.70. The van der Waals surface area contributed by atoms with Gasteiger partial charge < -0.3 is 28.9 Å². The van der Waals surface area contributed by atoms with Crippen LogP contribution in [-0.2, 0) is 28.6 Å². The first kappa shape index (κ1) is 72.6. The van der Waals surface area contributed by atoms with Gasteiger partial charge in [0.05, 0.1) is 0 Å². The van der Waals surface area contributed by atoms with Gasteiger partial charge in [0.1, 0.15) is 18.3 Å². The van der Waals surface area contributed by atoms with Crippen molar-refractivity contribution in [1.29, 1.82) is 0 Å². The van der Waals surface area contributed by atoms with Crippen molar-refractivity contribution in [2.45, 2.75) is 337 Å². The van der Waals surface area contributed by atoms with Gasteiger partial charge in [-0.2, -0.15) is 0 Å². The van der Waals surface area contributed by atoms with E-state index in [1.165, 1.54) is 148 Å². The highest BCUT2D eigenvalue weighted by atomic mass is 16.6. The molecule has 442 valence electrons. The monoisotopic (exact) mass is 1060 g/mol. The average molecular weight is 1060 g/mol. The van der Waals surface area contributed by atoms with Gasteiger partial charge in [-0.25, -0.2) is 0 Å². The summed E-state index contributed by atoms with van der Waals surface area (Å²) in [6, 6.07) is 0. The molecule has 0 heterocycles. The molecule has 0 N–H and O–H groups in total. The molecule has 0 saturated heterocycles. The number of allylic oxidation sites excluding steroid dienone is 2. The van der Waals surface area contributed by atoms with Crippen molar-refractivity contribution in [1.82, 2.24) is 14.7 Å². The number of rotatable bonds is 58. The summed E-state index contributed by atoms with van der Waals surface area (Å²) in [4.78, 5) is 45.4. The molecule has 0 bridgehead atoms. The Balaban J connectivity index is 5.25. The van der Waals surface area contributed by atoms with Crippen LogP contribution in [0.1, 0.15) is 319 Å². The number of carbonyl (C=O) groups is 3. The van der Waals surface area contributed by atoms with E-state index in [4.69, 9.17) is 14.2 Å². The molecular formula is C66H127N3O6. The van der Waals surface area contributed by atoms with Crippen molar-refractivity contribution >= 4 is 17.9 Å². The second kappa shape index (κ2) is 54.9. The minimum absolute atomic E-state index is 0.00276. The van der Waals surface area contributed by atoms with E-state index in [2.05, 4.69) is 88.9 Å². The van der Waals surface area contributed by atoms with E-state index in [0.717, 1.165) is 148 Å². The van der Waals surface area contributed by atoms with Gasteiger partial charge in [0.15, 0.2) is 0 Å². The molecule has 0 aliphatic rings. The van der Waals surface area contributed by atoms with Gasteiger partial charge in [-0.3, -0.25) is 14.4 Å². The largest absolute Gasteiger partial charge is 0.462 e. The molecule has 0 rings (SSSR count). The first-order valence-corrected chi connectivity index (χ1v) is 32.7. The van der Waals surface area contributed by atoms with E-state index in [1.54, 1.807) is 0 Å². The van der Waals surface area contributed by atoms with E-state index >= 15 is 0 Å². The van der Waals surface area contributed by atoms with Crippen LogP contribution in [0.15, 0.2) is 24.6 Å². The third-order valence-corrected chi connectivity index (χ3v) is 15.3. The lowest BCUT2D eigenvalue weighted by atomic mass is 10.1. The highest BCUT2D eigenvalue weighted by Crippen LogP contribution is 2.18. The number of ether oxygens (including phenoxy) is 3. The van der Waals surface area contributed by atoms with Crippen LogP contribution in [-0.4, -0.2) is 96.7 Å². The topological polar surface area (TPSA) is 88.6 Å². The lowest BCUT2D eigenvalue weighted by Gasteiger charge is -2.27. The van der Waals surface area contributed by atoms with Gasteiger partial charge in [0.25, 0.3) is 0 Å². The summed E-state index contributed by atoms with van der Waals surface area (Å²) in [6.07, 6.45) is 49.6. The molecule has 9 nitrogen and oxygen atoms in total. The van der Waals surface area contributed by atoms with Gasteiger partial charge in [0, 0.05) is 31.5 Å². The Hall–Kier alpha value is -2.39. The quantitative estimate of drug-likeness (QED) is 0.0336. The second-order valence-electron chi connectivity index (χ2n) is 22.5. The van der Waals surface area contributed by atoms with Crippen LogP contribution in [0.25, 0.3) is 0 Å². The van der Waals surface area contributed by atoms with Crippen LogP contribution < -0.4 is 0 Å². The number of hydrogen-bond acceptors (Lipinski definition) is 9. The van der Waals surface area contributed by atoms with Crippen molar-refractivity contribution < 1.29 is 28.6 Å². The molecule has 0 fully saturated rings. The fraction of sp³-hybridized carbons (Fsp3) is 0.894. The SMILES string of the molecule is C=C(C)N(/C=C\CCC)CCCCN(CCCCCCCCC(=O)OC(CC)CCCCC)CCCN(CCCCCCCCC(=O)OC(CC)CCCCC)CCCCCCCCC(=O)OC(CC)CCCCC. The number of unbranched alkanes of at least 4 members (excludes halogenated alkanes) is 23. The van der Waals surface area contributed by atoms with Crippen molar-refractivity contribution in [3.8, 4) is 0 Å². The third kappa shape index (κ3) is 47.3. The normalized spacial score (nSPS) is 12.9. The molecule has 0 aromatic carbocycles. The van der Waals surface area contributed by atoms with E-state index in [1.807, 2.05) is 0 Å². The van der Waals surface area contributed by atoms with Crippen molar-refractivity contribution in [3.63, 3.8) is 0 Å². The Morgan fingerprint density at radius 1 is 0.373 bits per heavy atom. The van der Waals surface area contributed by atoms with Crippen LogP contribution in [0, 0.1) is 0 Å². The number of carbonyl (C=O) groups excluding carboxylic acids is 3. The number of nitrogens with zero attached hydrogens (tertiary/aromatic N) is 3. The summed E-state index contributed by atoms with van der Waals surface area (Å²) in [5.41, 5.74) is 1.12. The Kier molecular flexibility index (Phi) is 53.2. The summed E-state index contributed by atoms with van der Waals surface area (Å²) in [5.74, 6) is -0.0100. The molecule has 9 heteroatoms. The molecule has 0 aliphatic carbocycles. The molecule has 3 unspecified atom stereocenters. The highest BCUT2D eigenvalue weighted by Gasteiger charge is 2.16. The summed E-state index contributed by atoms with van der Waals surface area (Å²) < 4.78 is 17.4. The molecule has 0 aromatic rings. The first-order chi connectivity index (χ1) is 36.6. The van der Waals surface area contributed by atoms with Crippen LogP contribution >= 0.6 is 0 Å². The molecule has 75 heavy (non-hydrogen) atoms. The smallest absolute Gasteiger partial charge is 0.306 e. The summed E-state index contributed by atoms with van der Waals surface area (Å²) >= 11 is 0. The van der Waals surface area contributed by atoms with Gasteiger partial charge in [-0.05, 0) is 174 Å². The zero-order valence-corrected chi connectivity index (χ0v) is 51.3. The summed E-state index contributed by atoms with van der Waals surface area (Å²) in [5, 5.41) is 0. The van der Waals surface area contributed by atoms with Crippen molar-refractivity contribution in [2.24, 2.45) is 0 Å². The number of hydrogen-bond donors (Lipinski definition) is 0. The lowest BCUT2D eigenvalue weighted by molar-refractivity contribution is -0.150. The van der Waals surface area contributed by atoms with Crippen LogP contribution in [0.3, 0.4) is 0 Å². The summed E-state index contributed by atoms with van der Waals surface area (Å²) in [7, 11) is 0. The Bertz CT molecular complexity index is 1280. The Morgan fingerprint density at radius 3 is 0.973 bits per heavy atom. The second-order valence-corrected chi connectivity index (χ2v) is 22.5. The zero-order valence-electron chi connectivity index (χ0n) is 51.3. The van der Waals surface area contributed by atoms with Gasteiger partial charge in [0.2, 0.25) is 0 Å². The molecule has 0 aromatic heterocycles. The minimum Gasteiger partial charge on any atom is -0.462 e. The van der Waals surface area contributed by atoms with E-state index < -0.39 is 0 Å². The van der Waals surface area contributed by atoms with Crippen LogP contribution in [0.2, 0.25) is 0 Å². The van der Waals surface area contributed by atoms with Crippen molar-refractivity contribution in [2.75, 3.05) is 45.8 Å². The minimum atomic E-state index is -0.00364. The van der Waals surface area contributed by atoms with Gasteiger partial charge in [-0.1, -0.05) is 183 Å². The molecule has 0 aliphatic heterocycles. The van der Waals surface area contributed by atoms with Crippen LogP contribution in [0.4, 0.5) is 0 Å². The maximum absolute atomic E-state index is 12.5. The molecular weight excluding hydrogens is 931 g/mol. The first-order valence-electron chi connectivity index (χ1n) is 32.7. The lowest BCUT2D eigenvalue weighted by Crippen LogP contribution is -2.33. The Labute approximate surface area is 466 Å². The number of esters is 3. The molecule has 3 atom stereocenters. The zero-order chi connectivity index (χ0) is 55.3. The summed E-state index contributed by atoms with van der Waals surface area (Å²) in [6.45, 7) is 29.6. The van der Waals surface area contributed by atoms with E-state index in [9.17, 15) is 14.4 Å². The van der Waals surface area contributed by atoms with Gasteiger partial charge >= 0.3 is 17.9 Å². The van der Waals surface area contributed by atoms with E-state index in [-0.39, 0.29) is 36.2 Å². The molecule has 0 amide bonds. The van der Waals surface area contributed by atoms with E-state index in [0.29, 0.717) is 19.3 Å². The van der Waals surface area contributed by atoms with Crippen LogP contribution in [0.5, 0.6) is 0 Å². The predicted molar refractivity (Wildman–Crippen MR) is 322 cm³/mol. The molecule has 0 spiro atoms. The predicted octanol–water partition coefficient (Wildman–Crippen LogP) is 18.8. The maximum atomic E-state index is 12.5. The maximum Gasteiger partial charge on any atom is 0.306 e. The Morgan fingerprint density at radius 2 is 0.667 bits per heavy atom. The average Bonchev–Trinajstić information content (AvgIpc) is 3.40. The molecule has 0 radical (unpaired) electrons.